The highest BCUT2D eigenvalue weighted by Gasteiger charge is 2.32. The number of benzene rings is 1. The summed E-state index contributed by atoms with van der Waals surface area (Å²) < 4.78 is 0.440. The summed E-state index contributed by atoms with van der Waals surface area (Å²) in [5.74, 6) is -1.36. The summed E-state index contributed by atoms with van der Waals surface area (Å²) in [6.07, 6.45) is 1.35. The molecule has 0 aliphatic carbocycles. The largest absolute Gasteiger partial charge is 0.507 e. The number of nitrogens with one attached hydrogen (secondary N) is 1. The van der Waals surface area contributed by atoms with Crippen LogP contribution in [0.15, 0.2) is 28.2 Å². The van der Waals surface area contributed by atoms with Gasteiger partial charge < -0.3 is 5.11 Å². The molecule has 98 valence electrons. The molecule has 1 aliphatic heterocycles. The van der Waals surface area contributed by atoms with Crippen LogP contribution in [-0.2, 0) is 9.59 Å². The average Bonchev–Trinajstić information content (AvgIpc) is 2.36. The van der Waals surface area contributed by atoms with Crippen molar-refractivity contribution < 1.29 is 19.5 Å². The Hall–Kier alpha value is -2.15. The number of carbonyl (C=O) groups is 3. The van der Waals surface area contributed by atoms with Gasteiger partial charge in [0, 0.05) is 7.05 Å². The molecule has 0 bridgehead atoms. The van der Waals surface area contributed by atoms with Gasteiger partial charge in [-0.1, -0.05) is 6.07 Å². The number of aromatic hydroxyl groups is 1. The maximum Gasteiger partial charge on any atom is 0.331 e. The molecule has 0 aromatic heterocycles. The number of phenols is 1. The van der Waals surface area contributed by atoms with Crippen LogP contribution < -0.4 is 5.32 Å². The van der Waals surface area contributed by atoms with Gasteiger partial charge in [0.15, 0.2) is 0 Å². The third-order valence-electron chi connectivity index (χ3n) is 2.59. The lowest BCUT2D eigenvalue weighted by molar-refractivity contribution is -0.129. The minimum absolute atomic E-state index is 0.0499. The van der Waals surface area contributed by atoms with Crippen molar-refractivity contribution in [2.45, 2.75) is 0 Å². The maximum atomic E-state index is 11.8. The van der Waals surface area contributed by atoms with Gasteiger partial charge in [-0.2, -0.15) is 0 Å². The van der Waals surface area contributed by atoms with E-state index in [2.05, 4.69) is 21.2 Å². The van der Waals surface area contributed by atoms with E-state index in [9.17, 15) is 19.5 Å². The summed E-state index contributed by atoms with van der Waals surface area (Å²) in [5.41, 5.74) is 0.408. The second-order valence-corrected chi connectivity index (χ2v) is 4.75. The van der Waals surface area contributed by atoms with Crippen molar-refractivity contribution in [1.82, 2.24) is 10.2 Å². The number of imide groups is 2. The molecule has 6 nitrogen and oxygen atoms in total. The van der Waals surface area contributed by atoms with Crippen molar-refractivity contribution in [2.24, 2.45) is 0 Å². The molecule has 0 spiro atoms. The van der Waals surface area contributed by atoms with E-state index in [4.69, 9.17) is 0 Å². The molecular weight excluding hydrogens is 316 g/mol. The van der Waals surface area contributed by atoms with Gasteiger partial charge in [0.1, 0.15) is 11.3 Å². The van der Waals surface area contributed by atoms with E-state index in [1.54, 1.807) is 12.1 Å². The summed E-state index contributed by atoms with van der Waals surface area (Å²) >= 11 is 3.13. The molecule has 1 aromatic rings. The summed E-state index contributed by atoms with van der Waals surface area (Å²) in [7, 11) is 1.28. The Morgan fingerprint density at radius 3 is 2.63 bits per heavy atom. The predicted molar refractivity (Wildman–Crippen MR) is 70.1 cm³/mol. The Morgan fingerprint density at radius 1 is 1.32 bits per heavy atom. The Bertz CT molecular complexity index is 624. The number of nitrogens with zero attached hydrogens (tertiary/aromatic N) is 1. The van der Waals surface area contributed by atoms with Crippen molar-refractivity contribution in [3.63, 3.8) is 0 Å². The Kier molecular flexibility index (Phi) is 3.39. The SMILES string of the molecule is CN1C(=O)NC(=O)/C(=C\c2ccc(O)c(Br)c2)C1=O. The van der Waals surface area contributed by atoms with Crippen molar-refractivity contribution >= 4 is 39.9 Å². The lowest BCUT2D eigenvalue weighted by atomic mass is 10.1. The highest BCUT2D eigenvalue weighted by atomic mass is 79.9. The monoisotopic (exact) mass is 324 g/mol. The molecule has 0 saturated carbocycles. The molecule has 0 radical (unpaired) electrons. The number of halogens is 1. The second kappa shape index (κ2) is 4.85. The standard InChI is InChI=1S/C12H9BrN2O4/c1-15-11(18)7(10(17)14-12(15)19)4-6-2-3-9(16)8(13)5-6/h2-5,16H,1H3,(H,14,17,19)/b7-4+. The van der Waals surface area contributed by atoms with Crippen molar-refractivity contribution in [1.29, 1.82) is 0 Å². The zero-order valence-electron chi connectivity index (χ0n) is 9.81. The van der Waals surface area contributed by atoms with Gasteiger partial charge in [-0.25, -0.2) is 4.79 Å². The van der Waals surface area contributed by atoms with Gasteiger partial charge in [0.25, 0.3) is 11.8 Å². The lowest BCUT2D eigenvalue weighted by Crippen LogP contribution is -2.52. The summed E-state index contributed by atoms with van der Waals surface area (Å²) in [5, 5.41) is 11.4. The number of hydrogen-bond acceptors (Lipinski definition) is 4. The third-order valence-corrected chi connectivity index (χ3v) is 3.22. The summed E-state index contributed by atoms with van der Waals surface area (Å²) in [4.78, 5) is 35.5. The average molecular weight is 325 g/mol. The van der Waals surface area contributed by atoms with Crippen LogP contribution in [0.2, 0.25) is 0 Å². The minimum Gasteiger partial charge on any atom is -0.507 e. The number of phenolic OH excluding ortho intramolecular Hbond substituents is 1. The van der Waals surface area contributed by atoms with Crippen LogP contribution >= 0.6 is 15.9 Å². The van der Waals surface area contributed by atoms with E-state index in [0.717, 1.165) is 4.90 Å². The van der Waals surface area contributed by atoms with Crippen LogP contribution in [0.4, 0.5) is 4.79 Å². The number of rotatable bonds is 1. The molecule has 1 aromatic carbocycles. The number of likely N-dealkylation sites (N-methyl/N-ethyl adjacent to an activating group) is 1. The number of carbonyl (C=O) groups excluding carboxylic acids is 3. The Balaban J connectivity index is 2.41. The minimum atomic E-state index is -0.751. The first-order chi connectivity index (χ1) is 8.90. The van der Waals surface area contributed by atoms with Crippen molar-refractivity contribution in [3.8, 4) is 5.75 Å². The topological polar surface area (TPSA) is 86.7 Å². The van der Waals surface area contributed by atoms with Crippen molar-refractivity contribution in [3.05, 3.63) is 33.8 Å². The first-order valence-electron chi connectivity index (χ1n) is 5.23. The smallest absolute Gasteiger partial charge is 0.331 e. The Labute approximate surface area is 116 Å². The molecule has 1 aliphatic rings. The molecule has 19 heavy (non-hydrogen) atoms. The van der Waals surface area contributed by atoms with Crippen LogP contribution in [0.5, 0.6) is 5.75 Å². The van der Waals surface area contributed by atoms with Crippen LogP contribution in [0.3, 0.4) is 0 Å². The van der Waals surface area contributed by atoms with Crippen LogP contribution in [-0.4, -0.2) is 34.9 Å². The predicted octanol–water partition coefficient (Wildman–Crippen LogP) is 1.25. The van der Waals surface area contributed by atoms with Gasteiger partial charge in [-0.15, -0.1) is 0 Å². The van der Waals surface area contributed by atoms with Gasteiger partial charge in [0.2, 0.25) is 0 Å². The first-order valence-corrected chi connectivity index (χ1v) is 6.03. The normalized spacial score (nSPS) is 17.9. The maximum absolute atomic E-state index is 11.8. The zero-order valence-corrected chi connectivity index (χ0v) is 11.4. The van der Waals surface area contributed by atoms with Crippen LogP contribution in [0, 0.1) is 0 Å². The first kappa shape index (κ1) is 13.3. The molecular formula is C12H9BrN2O4. The second-order valence-electron chi connectivity index (χ2n) is 3.89. The van der Waals surface area contributed by atoms with Crippen molar-refractivity contribution in [2.75, 3.05) is 7.05 Å². The quantitative estimate of drug-likeness (QED) is 0.601. The van der Waals surface area contributed by atoms with Gasteiger partial charge in [-0.3, -0.25) is 19.8 Å². The third kappa shape index (κ3) is 2.50. The van der Waals surface area contributed by atoms with Crippen LogP contribution in [0.1, 0.15) is 5.56 Å². The van der Waals surface area contributed by atoms with E-state index in [-0.39, 0.29) is 11.3 Å². The molecule has 2 N–H and O–H groups in total. The highest BCUT2D eigenvalue weighted by Crippen LogP contribution is 2.25. The lowest BCUT2D eigenvalue weighted by Gasteiger charge is -2.22. The molecule has 0 atom stereocenters. The zero-order chi connectivity index (χ0) is 14.2. The molecule has 2 rings (SSSR count). The number of urea groups is 1. The number of amides is 4. The van der Waals surface area contributed by atoms with Gasteiger partial charge >= 0.3 is 6.03 Å². The molecule has 1 heterocycles. The fourth-order valence-corrected chi connectivity index (χ4v) is 1.92. The van der Waals surface area contributed by atoms with E-state index >= 15 is 0 Å². The summed E-state index contributed by atoms with van der Waals surface area (Å²) in [6.45, 7) is 0. The van der Waals surface area contributed by atoms with Gasteiger partial charge in [-0.05, 0) is 39.7 Å². The van der Waals surface area contributed by atoms with E-state index in [1.165, 1.54) is 19.2 Å². The van der Waals surface area contributed by atoms with Crippen LogP contribution in [0.25, 0.3) is 6.08 Å². The van der Waals surface area contributed by atoms with E-state index in [1.807, 2.05) is 0 Å². The Morgan fingerprint density at radius 2 is 2.00 bits per heavy atom. The van der Waals surface area contributed by atoms with E-state index in [0.29, 0.717) is 10.0 Å². The van der Waals surface area contributed by atoms with E-state index < -0.39 is 17.8 Å². The molecule has 0 unspecified atom stereocenters. The molecule has 7 heteroatoms. The highest BCUT2D eigenvalue weighted by molar-refractivity contribution is 9.10. The fourth-order valence-electron chi connectivity index (χ4n) is 1.53. The molecule has 1 fully saturated rings. The number of hydrogen-bond donors (Lipinski definition) is 2. The molecule has 4 amide bonds. The summed E-state index contributed by atoms with van der Waals surface area (Å²) in [6, 6.07) is 3.78. The molecule has 1 saturated heterocycles. The fraction of sp³-hybridized carbons (Fsp3) is 0.0833. The van der Waals surface area contributed by atoms with Gasteiger partial charge in [0.05, 0.1) is 4.47 Å². The number of barbiturate groups is 1.